The summed E-state index contributed by atoms with van der Waals surface area (Å²) in [5, 5.41) is -4.30. The highest BCUT2D eigenvalue weighted by atomic mass is 35.5. The zero-order valence-electron chi connectivity index (χ0n) is 10.5. The number of halogens is 3. The Kier molecular flexibility index (Phi) is 4.11. The van der Waals surface area contributed by atoms with Crippen molar-refractivity contribution in [3.8, 4) is 0 Å². The van der Waals surface area contributed by atoms with Crippen LogP contribution in [0.3, 0.4) is 0 Å². The highest BCUT2D eigenvalue weighted by molar-refractivity contribution is 7.93. The zero-order chi connectivity index (χ0) is 15.7. The molecule has 0 aliphatic rings. The van der Waals surface area contributed by atoms with Crippen LogP contribution in [0, 0.1) is 0 Å². The van der Waals surface area contributed by atoms with Crippen molar-refractivity contribution in [2.75, 3.05) is 0 Å². The molecule has 0 N–H and O–H groups in total. The van der Waals surface area contributed by atoms with Crippen LogP contribution in [0.1, 0.15) is 10.4 Å². The van der Waals surface area contributed by atoms with E-state index in [2.05, 4.69) is 0 Å². The minimum Gasteiger partial charge on any atom is -0.286 e. The Morgan fingerprint density at radius 3 is 2.00 bits per heavy atom. The molecule has 0 bridgehead atoms. The molecule has 0 radical (unpaired) electrons. The summed E-state index contributed by atoms with van der Waals surface area (Å²) in [5.41, 5.74) is -0.427. The van der Waals surface area contributed by atoms with Crippen molar-refractivity contribution < 1.29 is 22.0 Å². The van der Waals surface area contributed by atoms with Gasteiger partial charge in [0, 0.05) is 10.6 Å². The van der Waals surface area contributed by atoms with E-state index in [-0.39, 0.29) is 5.02 Å². The fraction of sp³-hybridized carbons (Fsp3) is 0.0714. The molecule has 0 spiro atoms. The van der Waals surface area contributed by atoms with E-state index in [9.17, 15) is 22.0 Å². The van der Waals surface area contributed by atoms with Crippen LogP contribution < -0.4 is 0 Å². The molecule has 0 amide bonds. The van der Waals surface area contributed by atoms with E-state index in [1.807, 2.05) is 0 Å². The lowest BCUT2D eigenvalue weighted by molar-refractivity contribution is 0.0527. The second-order valence-corrected chi connectivity index (χ2v) is 6.60. The summed E-state index contributed by atoms with van der Waals surface area (Å²) in [6.45, 7) is 0. The van der Waals surface area contributed by atoms with Gasteiger partial charge in [-0.25, -0.2) is 8.42 Å². The SMILES string of the molecule is O=C(c1ccc(Cl)cc1)C(F)(F)S(=O)(=O)c1ccccc1. The maximum atomic E-state index is 14.1. The molecule has 0 saturated heterocycles. The summed E-state index contributed by atoms with van der Waals surface area (Å²) in [7, 11) is -5.11. The molecule has 7 heteroatoms. The lowest BCUT2D eigenvalue weighted by Gasteiger charge is -2.15. The lowest BCUT2D eigenvalue weighted by Crippen LogP contribution is -2.38. The number of Topliss-reactive ketones (excluding diaryl/α,β-unsaturated/α-hetero) is 1. The van der Waals surface area contributed by atoms with Crippen LogP contribution in [0.25, 0.3) is 0 Å². The van der Waals surface area contributed by atoms with Gasteiger partial charge in [0.05, 0.1) is 4.90 Å². The third-order valence-electron chi connectivity index (χ3n) is 2.76. The smallest absolute Gasteiger partial charge is 0.286 e. The number of rotatable bonds is 4. The highest BCUT2D eigenvalue weighted by Gasteiger charge is 2.53. The number of carbonyl (C=O) groups is 1. The summed E-state index contributed by atoms with van der Waals surface area (Å²) in [6, 6.07) is 10.7. The van der Waals surface area contributed by atoms with E-state index >= 15 is 0 Å². The lowest BCUT2D eigenvalue weighted by atomic mass is 10.1. The van der Waals surface area contributed by atoms with E-state index in [4.69, 9.17) is 11.6 Å². The van der Waals surface area contributed by atoms with E-state index in [0.717, 1.165) is 24.3 Å². The zero-order valence-corrected chi connectivity index (χ0v) is 12.0. The van der Waals surface area contributed by atoms with Gasteiger partial charge in [0.15, 0.2) is 0 Å². The molecule has 0 aromatic heterocycles. The van der Waals surface area contributed by atoms with Crippen LogP contribution in [0.4, 0.5) is 8.78 Å². The molecule has 21 heavy (non-hydrogen) atoms. The first-order valence-corrected chi connectivity index (χ1v) is 7.61. The van der Waals surface area contributed by atoms with Crippen molar-refractivity contribution in [2.45, 2.75) is 10.2 Å². The van der Waals surface area contributed by atoms with Gasteiger partial charge in [0.1, 0.15) is 0 Å². The number of benzene rings is 2. The molecular formula is C14H9ClF2O3S. The van der Waals surface area contributed by atoms with Crippen molar-refractivity contribution in [3.05, 3.63) is 65.2 Å². The van der Waals surface area contributed by atoms with Gasteiger partial charge < -0.3 is 0 Å². The highest BCUT2D eigenvalue weighted by Crippen LogP contribution is 2.32. The Labute approximate surface area is 125 Å². The second kappa shape index (κ2) is 5.54. The standard InChI is InChI=1S/C14H9ClF2O3S/c15-11-8-6-10(7-9-11)13(18)14(16,17)21(19,20)12-4-2-1-3-5-12/h1-9H. The Hall–Kier alpha value is -1.79. The van der Waals surface area contributed by atoms with Crippen molar-refractivity contribution >= 4 is 27.2 Å². The Balaban J connectivity index is 2.46. The fourth-order valence-corrected chi connectivity index (χ4v) is 2.94. The summed E-state index contributed by atoms with van der Waals surface area (Å²) < 4.78 is 52.1. The minimum atomic E-state index is -5.11. The summed E-state index contributed by atoms with van der Waals surface area (Å²) in [6.07, 6.45) is 0. The van der Waals surface area contributed by atoms with E-state index in [1.54, 1.807) is 0 Å². The average Bonchev–Trinajstić information content (AvgIpc) is 2.48. The van der Waals surface area contributed by atoms with Crippen molar-refractivity contribution in [3.63, 3.8) is 0 Å². The van der Waals surface area contributed by atoms with Crippen LogP contribution in [-0.2, 0) is 9.84 Å². The first-order valence-electron chi connectivity index (χ1n) is 5.74. The number of alkyl halides is 2. The molecule has 2 rings (SSSR count). The van der Waals surface area contributed by atoms with Gasteiger partial charge in [-0.2, -0.15) is 8.78 Å². The molecule has 0 saturated carbocycles. The molecule has 110 valence electrons. The van der Waals surface area contributed by atoms with Gasteiger partial charge in [0.25, 0.3) is 9.84 Å². The van der Waals surface area contributed by atoms with Gasteiger partial charge in [-0.05, 0) is 36.4 Å². The average molecular weight is 331 g/mol. The monoisotopic (exact) mass is 330 g/mol. The number of ketones is 1. The topological polar surface area (TPSA) is 51.2 Å². The predicted molar refractivity (Wildman–Crippen MR) is 74.4 cm³/mol. The Morgan fingerprint density at radius 1 is 0.952 bits per heavy atom. The summed E-state index contributed by atoms with van der Waals surface area (Å²) in [5.74, 6) is -1.79. The Bertz CT molecular complexity index is 757. The first-order chi connectivity index (χ1) is 9.76. The molecule has 0 heterocycles. The van der Waals surface area contributed by atoms with Gasteiger partial charge in [-0.15, -0.1) is 0 Å². The molecule has 0 unspecified atom stereocenters. The van der Waals surface area contributed by atoms with E-state index < -0.39 is 31.3 Å². The maximum absolute atomic E-state index is 14.1. The molecule has 0 aliphatic carbocycles. The van der Waals surface area contributed by atoms with Crippen LogP contribution in [0.2, 0.25) is 5.02 Å². The van der Waals surface area contributed by atoms with Crippen molar-refractivity contribution in [2.24, 2.45) is 0 Å². The second-order valence-electron chi connectivity index (χ2n) is 4.17. The molecule has 0 atom stereocenters. The fourth-order valence-electron chi connectivity index (χ4n) is 1.64. The molecule has 3 nitrogen and oxygen atoms in total. The molecule has 0 aliphatic heterocycles. The van der Waals surface area contributed by atoms with Gasteiger partial charge in [-0.1, -0.05) is 29.8 Å². The molecule has 2 aromatic rings. The Morgan fingerprint density at radius 2 is 1.48 bits per heavy atom. The summed E-state index contributed by atoms with van der Waals surface area (Å²) >= 11 is 5.60. The van der Waals surface area contributed by atoms with E-state index in [1.165, 1.54) is 30.3 Å². The molecular weight excluding hydrogens is 322 g/mol. The number of sulfone groups is 1. The first kappa shape index (κ1) is 15.6. The maximum Gasteiger partial charge on any atom is 0.411 e. The number of hydrogen-bond acceptors (Lipinski definition) is 3. The number of hydrogen-bond donors (Lipinski definition) is 0. The van der Waals surface area contributed by atoms with Crippen molar-refractivity contribution in [1.29, 1.82) is 0 Å². The van der Waals surface area contributed by atoms with Crippen LogP contribution in [0.5, 0.6) is 0 Å². The predicted octanol–water partition coefficient (Wildman–Crippen LogP) is 3.59. The number of carbonyl (C=O) groups excluding carboxylic acids is 1. The van der Waals surface area contributed by atoms with E-state index in [0.29, 0.717) is 0 Å². The van der Waals surface area contributed by atoms with Crippen LogP contribution >= 0.6 is 11.6 Å². The molecule has 2 aromatic carbocycles. The largest absolute Gasteiger partial charge is 0.411 e. The van der Waals surface area contributed by atoms with Crippen LogP contribution in [-0.4, -0.2) is 19.5 Å². The van der Waals surface area contributed by atoms with Gasteiger partial charge in [-0.3, -0.25) is 4.79 Å². The third kappa shape index (κ3) is 2.82. The minimum absolute atomic E-state index is 0.251. The molecule has 0 fully saturated rings. The van der Waals surface area contributed by atoms with Crippen LogP contribution in [0.15, 0.2) is 59.5 Å². The van der Waals surface area contributed by atoms with Gasteiger partial charge in [0.2, 0.25) is 5.78 Å². The quantitative estimate of drug-likeness (QED) is 0.805. The summed E-state index contributed by atoms with van der Waals surface area (Å²) in [4.78, 5) is 11.2. The van der Waals surface area contributed by atoms with Crippen molar-refractivity contribution in [1.82, 2.24) is 0 Å². The third-order valence-corrected chi connectivity index (χ3v) is 4.77. The van der Waals surface area contributed by atoms with Gasteiger partial charge >= 0.3 is 5.25 Å². The normalized spacial score (nSPS) is 12.1.